The summed E-state index contributed by atoms with van der Waals surface area (Å²) in [7, 11) is 6.02. The van der Waals surface area contributed by atoms with Crippen LogP contribution in [-0.2, 0) is 0 Å². The van der Waals surface area contributed by atoms with Crippen LogP contribution in [0.2, 0.25) is 0 Å². The van der Waals surface area contributed by atoms with Crippen molar-refractivity contribution in [2.75, 3.05) is 45.7 Å². The molecule has 0 amide bonds. The first kappa shape index (κ1) is 15.3. The molecule has 1 aromatic rings. The van der Waals surface area contributed by atoms with Crippen LogP contribution in [0.25, 0.3) is 0 Å². The van der Waals surface area contributed by atoms with E-state index in [0.29, 0.717) is 11.6 Å². The van der Waals surface area contributed by atoms with Crippen LogP contribution in [-0.4, -0.2) is 45.7 Å². The second-order valence-corrected chi connectivity index (χ2v) is 6.02. The second-order valence-electron chi connectivity index (χ2n) is 6.02. The van der Waals surface area contributed by atoms with Gasteiger partial charge in [-0.25, -0.2) is 4.39 Å². The van der Waals surface area contributed by atoms with Crippen molar-refractivity contribution in [3.63, 3.8) is 0 Å². The van der Waals surface area contributed by atoms with Gasteiger partial charge in [-0.05, 0) is 57.6 Å². The summed E-state index contributed by atoms with van der Waals surface area (Å²) in [6, 6.07) is 5.73. The minimum absolute atomic E-state index is 0.126. The van der Waals surface area contributed by atoms with Gasteiger partial charge in [-0.1, -0.05) is 6.07 Å². The number of likely N-dealkylation sites (tertiary alicyclic amines) is 1. The summed E-state index contributed by atoms with van der Waals surface area (Å²) in [4.78, 5) is 4.39. The Balaban J connectivity index is 2.04. The minimum Gasteiger partial charge on any atom is -0.372 e. The molecule has 1 aliphatic heterocycles. The van der Waals surface area contributed by atoms with Gasteiger partial charge in [0.2, 0.25) is 0 Å². The zero-order chi connectivity index (χ0) is 14.7. The first-order valence-electron chi connectivity index (χ1n) is 7.37. The first-order chi connectivity index (χ1) is 9.51. The summed E-state index contributed by atoms with van der Waals surface area (Å²) in [5.41, 5.74) is 1.69. The number of hydrogen-bond acceptors (Lipinski definition) is 3. The molecular formula is C16H26FN3. The smallest absolute Gasteiger partial charge is 0.146 e. The molecule has 4 heteroatoms. The SMILES string of the molecule is CNC(C)c1ccc(N(C)CC2CCN(C)C2)c(F)c1. The maximum absolute atomic E-state index is 14.3. The van der Waals surface area contributed by atoms with Crippen molar-refractivity contribution in [1.29, 1.82) is 0 Å². The van der Waals surface area contributed by atoms with E-state index in [1.54, 1.807) is 6.07 Å². The van der Waals surface area contributed by atoms with Crippen LogP contribution < -0.4 is 10.2 Å². The predicted molar refractivity (Wildman–Crippen MR) is 82.7 cm³/mol. The van der Waals surface area contributed by atoms with Crippen LogP contribution in [0.4, 0.5) is 10.1 Å². The van der Waals surface area contributed by atoms with E-state index < -0.39 is 0 Å². The molecule has 2 unspecified atom stereocenters. The Labute approximate surface area is 121 Å². The van der Waals surface area contributed by atoms with E-state index >= 15 is 0 Å². The minimum atomic E-state index is -0.126. The fraction of sp³-hybridized carbons (Fsp3) is 0.625. The number of rotatable bonds is 5. The Hall–Kier alpha value is -1.13. The molecule has 2 rings (SSSR count). The summed E-state index contributed by atoms with van der Waals surface area (Å²) in [5.74, 6) is 0.513. The third kappa shape index (κ3) is 3.49. The topological polar surface area (TPSA) is 18.5 Å². The Morgan fingerprint density at radius 1 is 1.50 bits per heavy atom. The summed E-state index contributed by atoms with van der Waals surface area (Å²) in [5, 5.41) is 3.13. The van der Waals surface area contributed by atoms with Gasteiger partial charge in [0.1, 0.15) is 5.82 Å². The van der Waals surface area contributed by atoms with Gasteiger partial charge in [-0.3, -0.25) is 0 Å². The number of nitrogens with one attached hydrogen (secondary N) is 1. The lowest BCUT2D eigenvalue weighted by Gasteiger charge is -2.24. The summed E-state index contributed by atoms with van der Waals surface area (Å²) < 4.78 is 14.3. The van der Waals surface area contributed by atoms with Gasteiger partial charge in [0.05, 0.1) is 5.69 Å². The maximum Gasteiger partial charge on any atom is 0.146 e. The molecule has 1 fully saturated rings. The largest absolute Gasteiger partial charge is 0.372 e. The Kier molecular flexibility index (Phi) is 5.00. The number of hydrogen-bond donors (Lipinski definition) is 1. The molecule has 1 heterocycles. The highest BCUT2D eigenvalue weighted by molar-refractivity contribution is 5.49. The first-order valence-corrected chi connectivity index (χ1v) is 7.37. The molecule has 3 nitrogen and oxygen atoms in total. The molecule has 1 aliphatic rings. The fourth-order valence-electron chi connectivity index (χ4n) is 2.93. The Morgan fingerprint density at radius 2 is 2.25 bits per heavy atom. The summed E-state index contributed by atoms with van der Waals surface area (Å²) in [6.07, 6.45) is 1.21. The van der Waals surface area contributed by atoms with Gasteiger partial charge < -0.3 is 15.1 Å². The Morgan fingerprint density at radius 3 is 2.80 bits per heavy atom. The van der Waals surface area contributed by atoms with Crippen molar-refractivity contribution < 1.29 is 4.39 Å². The molecule has 2 atom stereocenters. The van der Waals surface area contributed by atoms with E-state index in [0.717, 1.165) is 25.2 Å². The van der Waals surface area contributed by atoms with Crippen molar-refractivity contribution in [3.8, 4) is 0 Å². The van der Waals surface area contributed by atoms with Crippen molar-refractivity contribution >= 4 is 5.69 Å². The number of anilines is 1. The standard InChI is InChI=1S/C16H26FN3/c1-12(18-2)14-5-6-16(15(17)9-14)20(4)11-13-7-8-19(3)10-13/h5-6,9,12-13,18H,7-8,10-11H2,1-4H3. The molecule has 20 heavy (non-hydrogen) atoms. The summed E-state index contributed by atoms with van der Waals surface area (Å²) >= 11 is 0. The van der Waals surface area contributed by atoms with E-state index in [2.05, 4.69) is 17.3 Å². The molecule has 0 spiro atoms. The van der Waals surface area contributed by atoms with E-state index in [9.17, 15) is 4.39 Å². The van der Waals surface area contributed by atoms with Crippen molar-refractivity contribution in [3.05, 3.63) is 29.6 Å². The zero-order valence-electron chi connectivity index (χ0n) is 13.0. The van der Waals surface area contributed by atoms with Crippen molar-refractivity contribution in [2.45, 2.75) is 19.4 Å². The third-order valence-corrected chi connectivity index (χ3v) is 4.34. The molecule has 112 valence electrons. The highest BCUT2D eigenvalue weighted by atomic mass is 19.1. The van der Waals surface area contributed by atoms with Gasteiger partial charge >= 0.3 is 0 Å². The molecule has 0 radical (unpaired) electrons. The zero-order valence-corrected chi connectivity index (χ0v) is 13.0. The van der Waals surface area contributed by atoms with E-state index in [-0.39, 0.29) is 11.9 Å². The number of benzene rings is 1. The van der Waals surface area contributed by atoms with Crippen LogP contribution in [0.5, 0.6) is 0 Å². The van der Waals surface area contributed by atoms with E-state index in [1.807, 2.05) is 38.1 Å². The lowest BCUT2D eigenvalue weighted by Crippen LogP contribution is -2.28. The average Bonchev–Trinajstić information content (AvgIpc) is 2.82. The molecule has 1 N–H and O–H groups in total. The van der Waals surface area contributed by atoms with Crippen LogP contribution in [0.1, 0.15) is 24.9 Å². The lowest BCUT2D eigenvalue weighted by molar-refractivity contribution is 0.395. The van der Waals surface area contributed by atoms with Crippen LogP contribution in [0, 0.1) is 11.7 Å². The molecular weight excluding hydrogens is 253 g/mol. The quantitative estimate of drug-likeness (QED) is 0.893. The highest BCUT2D eigenvalue weighted by Crippen LogP contribution is 2.25. The van der Waals surface area contributed by atoms with Gasteiger partial charge in [0, 0.05) is 26.2 Å². The molecule has 1 aromatic carbocycles. The molecule has 0 saturated carbocycles. The van der Waals surface area contributed by atoms with Gasteiger partial charge in [0.25, 0.3) is 0 Å². The molecule has 0 bridgehead atoms. The monoisotopic (exact) mass is 279 g/mol. The normalized spacial score (nSPS) is 21.1. The molecule has 1 saturated heterocycles. The van der Waals surface area contributed by atoms with Crippen LogP contribution in [0.3, 0.4) is 0 Å². The molecule has 0 aromatic heterocycles. The maximum atomic E-state index is 14.3. The van der Waals surface area contributed by atoms with Gasteiger partial charge in [-0.15, -0.1) is 0 Å². The fourth-order valence-corrected chi connectivity index (χ4v) is 2.93. The lowest BCUT2D eigenvalue weighted by atomic mass is 10.1. The number of halogens is 1. The van der Waals surface area contributed by atoms with Crippen molar-refractivity contribution in [1.82, 2.24) is 10.2 Å². The van der Waals surface area contributed by atoms with Crippen molar-refractivity contribution in [2.24, 2.45) is 5.92 Å². The molecule has 0 aliphatic carbocycles. The summed E-state index contributed by atoms with van der Waals surface area (Å²) in [6.45, 7) is 5.22. The second kappa shape index (κ2) is 6.55. The number of nitrogens with zero attached hydrogens (tertiary/aromatic N) is 2. The van der Waals surface area contributed by atoms with E-state index in [4.69, 9.17) is 0 Å². The average molecular weight is 279 g/mol. The Bertz CT molecular complexity index is 449. The van der Waals surface area contributed by atoms with Gasteiger partial charge in [0.15, 0.2) is 0 Å². The van der Waals surface area contributed by atoms with E-state index in [1.165, 1.54) is 6.42 Å². The van der Waals surface area contributed by atoms with Crippen LogP contribution in [0.15, 0.2) is 18.2 Å². The third-order valence-electron chi connectivity index (χ3n) is 4.34. The predicted octanol–water partition coefficient (Wildman–Crippen LogP) is 2.49. The highest BCUT2D eigenvalue weighted by Gasteiger charge is 2.22. The van der Waals surface area contributed by atoms with Crippen LogP contribution >= 0.6 is 0 Å². The van der Waals surface area contributed by atoms with Gasteiger partial charge in [-0.2, -0.15) is 0 Å².